The van der Waals surface area contributed by atoms with Gasteiger partial charge in [-0.2, -0.15) is 0 Å². The molecule has 7 heteroatoms. The third-order valence-corrected chi connectivity index (χ3v) is 4.89. The maximum atomic E-state index is 12.8. The number of nitrogens with one attached hydrogen (secondary N) is 2. The summed E-state index contributed by atoms with van der Waals surface area (Å²) in [5.41, 5.74) is 2.72. The minimum absolute atomic E-state index is 0.103. The van der Waals surface area contributed by atoms with Gasteiger partial charge in [0, 0.05) is 42.8 Å². The summed E-state index contributed by atoms with van der Waals surface area (Å²) >= 11 is 0. The first-order valence-corrected chi connectivity index (χ1v) is 9.34. The summed E-state index contributed by atoms with van der Waals surface area (Å²) in [4.78, 5) is 42.3. The van der Waals surface area contributed by atoms with Crippen LogP contribution in [0.1, 0.15) is 13.3 Å². The Bertz CT molecular complexity index is 1090. The number of pyridine rings is 1. The zero-order valence-corrected chi connectivity index (χ0v) is 15.9. The minimum Gasteiger partial charge on any atom is -0.326 e. The number of hydrogen-bond donors (Lipinski definition) is 2. The summed E-state index contributed by atoms with van der Waals surface area (Å²) in [5, 5.41) is 6.55. The van der Waals surface area contributed by atoms with Gasteiger partial charge in [0.25, 0.3) is 0 Å². The van der Waals surface area contributed by atoms with Crippen LogP contribution in [-0.4, -0.2) is 29.3 Å². The predicted molar refractivity (Wildman–Crippen MR) is 112 cm³/mol. The Morgan fingerprint density at radius 1 is 1.03 bits per heavy atom. The number of fused-ring (bicyclic) bond motifs is 1. The molecule has 0 aliphatic carbocycles. The van der Waals surface area contributed by atoms with Crippen molar-refractivity contribution in [3.8, 4) is 0 Å². The molecule has 3 amide bonds. The Morgan fingerprint density at radius 3 is 2.55 bits per heavy atom. The molecule has 0 saturated carbocycles. The highest BCUT2D eigenvalue weighted by Gasteiger charge is 2.35. The van der Waals surface area contributed by atoms with Crippen molar-refractivity contribution in [3.63, 3.8) is 0 Å². The van der Waals surface area contributed by atoms with Gasteiger partial charge < -0.3 is 15.5 Å². The number of nitrogens with zero attached hydrogens (tertiary/aromatic N) is 2. The molecule has 1 aliphatic heterocycles. The van der Waals surface area contributed by atoms with Crippen LogP contribution in [0.25, 0.3) is 10.9 Å². The van der Waals surface area contributed by atoms with Gasteiger partial charge in [-0.15, -0.1) is 0 Å². The Labute approximate surface area is 167 Å². The summed E-state index contributed by atoms with van der Waals surface area (Å²) in [5.74, 6) is -0.909. The van der Waals surface area contributed by atoms with Crippen LogP contribution >= 0.6 is 0 Å². The van der Waals surface area contributed by atoms with Crippen LogP contribution in [0, 0.1) is 5.92 Å². The van der Waals surface area contributed by atoms with Crippen LogP contribution in [0.2, 0.25) is 0 Å². The molecule has 2 aromatic carbocycles. The summed E-state index contributed by atoms with van der Waals surface area (Å²) in [7, 11) is 0. The Hall–Kier alpha value is -3.74. The van der Waals surface area contributed by atoms with E-state index in [2.05, 4.69) is 15.6 Å². The quantitative estimate of drug-likeness (QED) is 0.718. The average Bonchev–Trinajstić information content (AvgIpc) is 3.10. The Morgan fingerprint density at radius 2 is 1.79 bits per heavy atom. The molecule has 1 atom stereocenters. The molecule has 1 saturated heterocycles. The molecular formula is C22H20N4O3. The molecule has 1 aliphatic rings. The van der Waals surface area contributed by atoms with Gasteiger partial charge in [-0.05, 0) is 36.4 Å². The predicted octanol–water partition coefficient (Wildman–Crippen LogP) is 3.18. The maximum Gasteiger partial charge on any atom is 0.229 e. The summed E-state index contributed by atoms with van der Waals surface area (Å²) in [6.07, 6.45) is 1.83. The maximum absolute atomic E-state index is 12.8. The standard InChI is InChI=1S/C22H20N4O3/c1-14(27)24-17-7-9-18(10-8-17)26-13-16(12-20(26)28)22(29)25-19-6-2-4-15-5-3-11-23-21(15)19/h2-11,16H,12-13H2,1H3,(H,24,27)(H,25,29). The number of para-hydroxylation sites is 1. The lowest BCUT2D eigenvalue weighted by atomic mass is 10.1. The zero-order chi connectivity index (χ0) is 20.4. The normalized spacial score (nSPS) is 16.1. The summed E-state index contributed by atoms with van der Waals surface area (Å²) in [6.45, 7) is 1.74. The van der Waals surface area contributed by atoms with Crippen molar-refractivity contribution in [2.75, 3.05) is 22.1 Å². The zero-order valence-electron chi connectivity index (χ0n) is 15.9. The summed E-state index contributed by atoms with van der Waals surface area (Å²) in [6, 6.07) is 16.4. The fourth-order valence-corrected chi connectivity index (χ4v) is 3.50. The first kappa shape index (κ1) is 18.6. The number of benzene rings is 2. The number of hydrogen-bond acceptors (Lipinski definition) is 4. The van der Waals surface area contributed by atoms with Crippen molar-refractivity contribution in [2.24, 2.45) is 5.92 Å². The van der Waals surface area contributed by atoms with Crippen LogP contribution < -0.4 is 15.5 Å². The molecule has 0 radical (unpaired) electrons. The van der Waals surface area contributed by atoms with Crippen LogP contribution in [0.15, 0.2) is 60.8 Å². The first-order valence-electron chi connectivity index (χ1n) is 9.34. The van der Waals surface area contributed by atoms with E-state index in [1.165, 1.54) is 6.92 Å². The van der Waals surface area contributed by atoms with Gasteiger partial charge in [0.2, 0.25) is 17.7 Å². The lowest BCUT2D eigenvalue weighted by Gasteiger charge is -2.17. The molecule has 29 heavy (non-hydrogen) atoms. The smallest absolute Gasteiger partial charge is 0.229 e. The van der Waals surface area contributed by atoms with Gasteiger partial charge in [-0.3, -0.25) is 19.4 Å². The lowest BCUT2D eigenvalue weighted by molar-refractivity contribution is -0.122. The topological polar surface area (TPSA) is 91.4 Å². The van der Waals surface area contributed by atoms with Crippen LogP contribution in [0.4, 0.5) is 17.1 Å². The van der Waals surface area contributed by atoms with Crippen LogP contribution in [0.5, 0.6) is 0 Å². The molecule has 1 unspecified atom stereocenters. The molecule has 1 fully saturated rings. The van der Waals surface area contributed by atoms with Gasteiger partial charge in [0.15, 0.2) is 0 Å². The van der Waals surface area contributed by atoms with E-state index in [9.17, 15) is 14.4 Å². The van der Waals surface area contributed by atoms with E-state index in [4.69, 9.17) is 0 Å². The van der Waals surface area contributed by atoms with E-state index in [-0.39, 0.29) is 24.1 Å². The molecular weight excluding hydrogens is 368 g/mol. The molecule has 3 aromatic rings. The second-order valence-corrected chi connectivity index (χ2v) is 7.00. The first-order chi connectivity index (χ1) is 14.0. The third-order valence-electron chi connectivity index (χ3n) is 4.89. The molecule has 146 valence electrons. The lowest BCUT2D eigenvalue weighted by Crippen LogP contribution is -2.28. The molecule has 1 aromatic heterocycles. The van der Waals surface area contributed by atoms with Crippen LogP contribution in [-0.2, 0) is 14.4 Å². The van der Waals surface area contributed by atoms with Crippen molar-refractivity contribution in [1.82, 2.24) is 4.98 Å². The van der Waals surface area contributed by atoms with Gasteiger partial charge >= 0.3 is 0 Å². The fraction of sp³-hybridized carbons (Fsp3) is 0.182. The number of carbonyl (C=O) groups is 3. The third kappa shape index (κ3) is 3.94. The molecule has 2 heterocycles. The molecule has 7 nitrogen and oxygen atoms in total. The second-order valence-electron chi connectivity index (χ2n) is 7.00. The van der Waals surface area contributed by atoms with Gasteiger partial charge in [0.05, 0.1) is 17.1 Å². The number of carbonyl (C=O) groups excluding carboxylic acids is 3. The number of anilines is 3. The largest absolute Gasteiger partial charge is 0.326 e. The van der Waals surface area contributed by atoms with Crippen molar-refractivity contribution in [3.05, 3.63) is 60.8 Å². The van der Waals surface area contributed by atoms with E-state index < -0.39 is 5.92 Å². The highest BCUT2D eigenvalue weighted by atomic mass is 16.2. The molecule has 4 rings (SSSR count). The van der Waals surface area contributed by atoms with Crippen LogP contribution in [0.3, 0.4) is 0 Å². The second kappa shape index (κ2) is 7.71. The van der Waals surface area contributed by atoms with Gasteiger partial charge in [-0.25, -0.2) is 0 Å². The van der Waals surface area contributed by atoms with Crippen molar-refractivity contribution in [1.29, 1.82) is 0 Å². The molecule has 0 bridgehead atoms. The van der Waals surface area contributed by atoms with Gasteiger partial charge in [-0.1, -0.05) is 18.2 Å². The van der Waals surface area contributed by atoms with Crippen molar-refractivity contribution in [2.45, 2.75) is 13.3 Å². The number of amides is 3. The number of rotatable bonds is 4. The molecule has 0 spiro atoms. The van der Waals surface area contributed by atoms with Gasteiger partial charge in [0.1, 0.15) is 0 Å². The Kier molecular flexibility index (Phi) is 4.95. The van der Waals surface area contributed by atoms with E-state index in [1.807, 2.05) is 30.3 Å². The van der Waals surface area contributed by atoms with E-state index >= 15 is 0 Å². The average molecular weight is 388 g/mol. The number of aromatic nitrogens is 1. The van der Waals surface area contributed by atoms with Crippen molar-refractivity contribution < 1.29 is 14.4 Å². The highest BCUT2D eigenvalue weighted by molar-refractivity contribution is 6.06. The van der Waals surface area contributed by atoms with E-state index in [0.717, 1.165) is 10.9 Å². The molecule has 2 N–H and O–H groups in total. The van der Waals surface area contributed by atoms with E-state index in [0.29, 0.717) is 23.6 Å². The monoisotopic (exact) mass is 388 g/mol. The summed E-state index contributed by atoms with van der Waals surface area (Å²) < 4.78 is 0. The SMILES string of the molecule is CC(=O)Nc1ccc(N2CC(C(=O)Nc3cccc4cccnc34)CC2=O)cc1. The minimum atomic E-state index is -0.448. The Balaban J connectivity index is 1.47. The van der Waals surface area contributed by atoms with Crippen molar-refractivity contribution >= 4 is 45.7 Å². The van der Waals surface area contributed by atoms with E-state index in [1.54, 1.807) is 35.4 Å². The fourth-order valence-electron chi connectivity index (χ4n) is 3.50. The highest BCUT2D eigenvalue weighted by Crippen LogP contribution is 2.28.